The molecule has 0 bridgehead atoms. The molecule has 0 saturated carbocycles. The molecule has 0 N–H and O–H groups in total. The van der Waals surface area contributed by atoms with Gasteiger partial charge in [-0.05, 0) is 68.5 Å². The number of rotatable bonds is 2. The number of nitrogens with zero attached hydrogens (tertiary/aromatic N) is 4. The molecule has 1 aromatic carbocycles. The van der Waals surface area contributed by atoms with Gasteiger partial charge in [0.25, 0.3) is 0 Å². The van der Waals surface area contributed by atoms with E-state index in [0.717, 1.165) is 40.2 Å². The van der Waals surface area contributed by atoms with Gasteiger partial charge in [0.2, 0.25) is 0 Å². The Hall–Kier alpha value is -3.72. The van der Waals surface area contributed by atoms with Crippen LogP contribution in [0.5, 0.6) is 0 Å². The normalized spacial score (nSPS) is 25.7. The Kier molecular flexibility index (Phi) is 4.98. The number of pyridine rings is 1. The van der Waals surface area contributed by atoms with Gasteiger partial charge in [0.1, 0.15) is 11.9 Å². The summed E-state index contributed by atoms with van der Waals surface area (Å²) in [5.41, 5.74) is 4.19. The van der Waals surface area contributed by atoms with Crippen LogP contribution >= 0.6 is 0 Å². The summed E-state index contributed by atoms with van der Waals surface area (Å²) in [5, 5.41) is 9.72. The number of nitriles is 1. The van der Waals surface area contributed by atoms with E-state index in [1.165, 1.54) is 12.1 Å². The number of fused-ring (bicyclic) bond motifs is 3. The summed E-state index contributed by atoms with van der Waals surface area (Å²) in [4.78, 5) is 27.3. The number of ketones is 1. The monoisotopic (exact) mass is 452 g/mol. The van der Waals surface area contributed by atoms with Crippen molar-refractivity contribution in [3.63, 3.8) is 0 Å². The zero-order valence-electron chi connectivity index (χ0n) is 19.7. The molecule has 0 saturated heterocycles. The lowest BCUT2D eigenvalue weighted by Crippen LogP contribution is -2.54. The fourth-order valence-electron chi connectivity index (χ4n) is 5.59. The van der Waals surface area contributed by atoms with Gasteiger partial charge in [-0.3, -0.25) is 9.78 Å². The minimum absolute atomic E-state index is 0.108. The molecule has 34 heavy (non-hydrogen) atoms. The van der Waals surface area contributed by atoms with Gasteiger partial charge >= 0.3 is 0 Å². The third kappa shape index (κ3) is 3.11. The SMILES string of the molecule is Cc1cc(-c2nc(-c3ccc(F)cc3)c3c(n2)[C@]2(C)C=C(C#N)C(=O)[C@H](C)[C@@]2(C)CC3)ccn1. The third-order valence-electron chi connectivity index (χ3n) is 8.02. The standard InChI is InChI=1S/C28H25FN4O/c1-16-13-19(10-12-31-16)26-32-23(18-5-7-21(29)8-6-18)22-9-11-27(3)17(2)24(34)20(15-30)14-28(27,4)25(22)33-26/h5-8,10,12-14,17H,9,11H2,1-4H3/t17-,27+,28-/m0/s1. The van der Waals surface area contributed by atoms with Crippen molar-refractivity contribution in [2.45, 2.75) is 46.0 Å². The molecule has 2 aromatic heterocycles. The van der Waals surface area contributed by atoms with Crippen molar-refractivity contribution in [1.29, 1.82) is 5.26 Å². The Balaban J connectivity index is 1.85. The fourth-order valence-corrected chi connectivity index (χ4v) is 5.59. The van der Waals surface area contributed by atoms with E-state index in [1.54, 1.807) is 18.3 Å². The maximum atomic E-state index is 13.7. The molecule has 2 heterocycles. The highest BCUT2D eigenvalue weighted by molar-refractivity contribution is 6.02. The summed E-state index contributed by atoms with van der Waals surface area (Å²) in [6.45, 7) is 8.04. The first-order valence-electron chi connectivity index (χ1n) is 11.5. The van der Waals surface area contributed by atoms with E-state index in [4.69, 9.17) is 9.97 Å². The van der Waals surface area contributed by atoms with E-state index in [1.807, 2.05) is 32.1 Å². The van der Waals surface area contributed by atoms with Crippen molar-refractivity contribution in [1.82, 2.24) is 15.0 Å². The van der Waals surface area contributed by atoms with Gasteiger partial charge in [0, 0.05) is 39.9 Å². The van der Waals surface area contributed by atoms with Crippen LogP contribution in [0.3, 0.4) is 0 Å². The van der Waals surface area contributed by atoms with Gasteiger partial charge in [-0.1, -0.05) is 19.9 Å². The van der Waals surface area contributed by atoms with Crippen molar-refractivity contribution in [2.75, 3.05) is 0 Å². The number of carbonyl (C=O) groups excluding carboxylic acids is 1. The molecule has 0 aliphatic heterocycles. The smallest absolute Gasteiger partial charge is 0.176 e. The van der Waals surface area contributed by atoms with E-state index in [0.29, 0.717) is 12.2 Å². The van der Waals surface area contributed by atoms with Crippen LogP contribution in [0.25, 0.3) is 22.6 Å². The highest BCUT2D eigenvalue weighted by atomic mass is 19.1. The molecule has 5 rings (SSSR count). The second kappa shape index (κ2) is 7.66. The number of carbonyl (C=O) groups is 1. The van der Waals surface area contributed by atoms with Gasteiger partial charge in [0.05, 0.1) is 17.0 Å². The second-order valence-electron chi connectivity index (χ2n) is 9.79. The molecule has 0 unspecified atom stereocenters. The Morgan fingerprint density at radius 3 is 2.53 bits per heavy atom. The summed E-state index contributed by atoms with van der Waals surface area (Å²) in [7, 11) is 0. The predicted octanol–water partition coefficient (Wildman–Crippen LogP) is 5.53. The van der Waals surface area contributed by atoms with E-state index >= 15 is 0 Å². The number of halogens is 1. The molecule has 170 valence electrons. The Morgan fingerprint density at radius 1 is 1.12 bits per heavy atom. The third-order valence-corrected chi connectivity index (χ3v) is 8.02. The van der Waals surface area contributed by atoms with Gasteiger partial charge in [-0.15, -0.1) is 0 Å². The van der Waals surface area contributed by atoms with E-state index in [-0.39, 0.29) is 23.1 Å². The summed E-state index contributed by atoms with van der Waals surface area (Å²) in [5.74, 6) is -0.187. The number of hydrogen-bond acceptors (Lipinski definition) is 5. The van der Waals surface area contributed by atoms with Gasteiger partial charge < -0.3 is 0 Å². The molecule has 2 aliphatic carbocycles. The molecule has 5 nitrogen and oxygen atoms in total. The molecule has 3 atom stereocenters. The molecular weight excluding hydrogens is 427 g/mol. The second-order valence-corrected chi connectivity index (χ2v) is 9.79. The van der Waals surface area contributed by atoms with Crippen LogP contribution in [0.1, 0.15) is 44.1 Å². The van der Waals surface area contributed by atoms with Crippen LogP contribution in [0.4, 0.5) is 4.39 Å². The number of aromatic nitrogens is 3. The number of benzene rings is 1. The lowest BCUT2D eigenvalue weighted by Gasteiger charge is -2.54. The van der Waals surface area contributed by atoms with Gasteiger partial charge in [0.15, 0.2) is 11.6 Å². The number of allylic oxidation sites excluding steroid dienone is 2. The van der Waals surface area contributed by atoms with E-state index in [9.17, 15) is 14.4 Å². The van der Waals surface area contributed by atoms with Crippen molar-refractivity contribution in [3.05, 3.63) is 77.0 Å². The predicted molar refractivity (Wildman–Crippen MR) is 127 cm³/mol. The van der Waals surface area contributed by atoms with Gasteiger partial charge in [-0.25, -0.2) is 14.4 Å². The van der Waals surface area contributed by atoms with E-state index < -0.39 is 10.8 Å². The zero-order valence-corrected chi connectivity index (χ0v) is 19.7. The molecule has 0 spiro atoms. The fraction of sp³-hybridized carbons (Fsp3) is 0.321. The van der Waals surface area contributed by atoms with Crippen molar-refractivity contribution in [3.8, 4) is 28.7 Å². The first kappa shape index (κ1) is 22.1. The molecular formula is C28H25FN4O. The highest BCUT2D eigenvalue weighted by Gasteiger charge is 2.57. The molecule has 0 radical (unpaired) electrons. The first-order chi connectivity index (χ1) is 16.2. The molecule has 0 fully saturated rings. The molecule has 3 aromatic rings. The first-order valence-corrected chi connectivity index (χ1v) is 11.5. The van der Waals surface area contributed by atoms with Crippen molar-refractivity contribution in [2.24, 2.45) is 11.3 Å². The zero-order chi connectivity index (χ0) is 24.3. The van der Waals surface area contributed by atoms with Crippen LogP contribution in [-0.4, -0.2) is 20.7 Å². The number of hydrogen-bond donors (Lipinski definition) is 0. The Morgan fingerprint density at radius 2 is 1.85 bits per heavy atom. The van der Waals surface area contributed by atoms with Crippen LogP contribution < -0.4 is 0 Å². The lowest BCUT2D eigenvalue weighted by atomic mass is 9.49. The van der Waals surface area contributed by atoms with Crippen LogP contribution in [0.15, 0.2) is 54.2 Å². The van der Waals surface area contributed by atoms with Gasteiger partial charge in [-0.2, -0.15) is 5.26 Å². The number of aryl methyl sites for hydroxylation is 1. The van der Waals surface area contributed by atoms with Crippen LogP contribution in [0, 0.1) is 35.4 Å². The maximum absolute atomic E-state index is 13.7. The largest absolute Gasteiger partial charge is 0.293 e. The topological polar surface area (TPSA) is 79.5 Å². The average molecular weight is 453 g/mol. The molecule has 2 aliphatic rings. The number of Topliss-reactive ketones (excluding diaryl/α,β-unsaturated/α-hetero) is 1. The minimum atomic E-state index is -0.645. The summed E-state index contributed by atoms with van der Waals surface area (Å²) >= 11 is 0. The summed E-state index contributed by atoms with van der Waals surface area (Å²) in [6.07, 6.45) is 4.99. The summed E-state index contributed by atoms with van der Waals surface area (Å²) in [6, 6.07) is 12.3. The Labute approximate surface area is 198 Å². The average Bonchev–Trinajstić information content (AvgIpc) is 2.83. The van der Waals surface area contributed by atoms with Crippen molar-refractivity contribution >= 4 is 5.78 Å². The maximum Gasteiger partial charge on any atom is 0.176 e. The molecule has 0 amide bonds. The lowest BCUT2D eigenvalue weighted by molar-refractivity contribution is -0.125. The quantitative estimate of drug-likeness (QED) is 0.511. The van der Waals surface area contributed by atoms with Crippen LogP contribution in [-0.2, 0) is 16.6 Å². The minimum Gasteiger partial charge on any atom is -0.293 e. The highest BCUT2D eigenvalue weighted by Crippen LogP contribution is 2.58. The molecule has 6 heteroatoms. The van der Waals surface area contributed by atoms with Crippen molar-refractivity contribution < 1.29 is 9.18 Å². The summed E-state index contributed by atoms with van der Waals surface area (Å²) < 4.78 is 13.7. The Bertz CT molecular complexity index is 1400. The van der Waals surface area contributed by atoms with Crippen LogP contribution in [0.2, 0.25) is 0 Å². The van der Waals surface area contributed by atoms with E-state index in [2.05, 4.69) is 24.9 Å².